The Morgan fingerprint density at radius 2 is 0.800 bits per heavy atom. The molecule has 0 aromatic carbocycles. The fourth-order valence-corrected chi connectivity index (χ4v) is 15.0. The van der Waals surface area contributed by atoms with Crippen molar-refractivity contribution in [1.82, 2.24) is 100 Å². The van der Waals surface area contributed by atoms with Crippen LogP contribution >= 0.6 is 0 Å². The summed E-state index contributed by atoms with van der Waals surface area (Å²) in [6.07, 6.45) is 2.28. The van der Waals surface area contributed by atoms with E-state index in [9.17, 15) is 28.5 Å². The summed E-state index contributed by atoms with van der Waals surface area (Å²) in [6.45, 7) is 30.3. The molecule has 15 rings (SSSR count). The lowest BCUT2D eigenvalue weighted by Gasteiger charge is -2.48. The number of rotatable bonds is 12. The van der Waals surface area contributed by atoms with Crippen LogP contribution in [-0.2, 0) is 6.18 Å². The minimum Gasteiger partial charge on any atom is -0.506 e. The molecule has 0 unspecified atom stereocenters. The van der Waals surface area contributed by atoms with E-state index in [2.05, 4.69) is 86.6 Å². The molecular formula is C78H86F6N20O6. The third-order valence-corrected chi connectivity index (χ3v) is 19.3. The molecule has 3 aliphatic heterocycles. The maximum Gasteiger partial charge on any atom is 0.420 e. The van der Waals surface area contributed by atoms with E-state index in [0.29, 0.717) is 58.9 Å². The van der Waals surface area contributed by atoms with Crippen LogP contribution in [0.3, 0.4) is 0 Å². The van der Waals surface area contributed by atoms with Gasteiger partial charge in [-0.3, -0.25) is 0 Å². The van der Waals surface area contributed by atoms with Crippen molar-refractivity contribution in [2.75, 3.05) is 0 Å². The fourth-order valence-electron chi connectivity index (χ4n) is 15.0. The van der Waals surface area contributed by atoms with Crippen LogP contribution in [0.25, 0.3) is 84.7 Å². The summed E-state index contributed by atoms with van der Waals surface area (Å²) in [7, 11) is 0. The van der Waals surface area contributed by atoms with E-state index < -0.39 is 65.2 Å². The molecule has 0 spiro atoms. The molecule has 0 amide bonds. The summed E-state index contributed by atoms with van der Waals surface area (Å²) in [5.41, 5.74) is 5.12. The summed E-state index contributed by atoms with van der Waals surface area (Å²) in [5, 5.41) is 75.7. The van der Waals surface area contributed by atoms with Gasteiger partial charge in [-0.2, -0.15) is 23.4 Å². The molecule has 3 aliphatic rings. The molecule has 110 heavy (non-hydrogen) atoms. The Labute approximate surface area is 629 Å². The first-order chi connectivity index (χ1) is 51.5. The maximum atomic E-state index is 15.1. The van der Waals surface area contributed by atoms with Gasteiger partial charge in [-0.05, 0) is 177 Å². The lowest BCUT2D eigenvalue weighted by atomic mass is 9.79. The Bertz CT molecular complexity index is 5400. The average Bonchev–Trinajstić information content (AvgIpc) is 1.29. The van der Waals surface area contributed by atoms with Crippen molar-refractivity contribution in [2.45, 2.75) is 206 Å². The topological polar surface area (TPSA) is 318 Å². The molecule has 6 N–H and O–H groups in total. The van der Waals surface area contributed by atoms with Crippen molar-refractivity contribution >= 4 is 16.9 Å². The van der Waals surface area contributed by atoms with Crippen molar-refractivity contribution in [3.63, 3.8) is 0 Å². The smallest absolute Gasteiger partial charge is 0.420 e. The Balaban J connectivity index is 0.000000145. The summed E-state index contributed by atoms with van der Waals surface area (Å²) in [6, 6.07) is 20.6. The van der Waals surface area contributed by atoms with Gasteiger partial charge in [-0.25, -0.2) is 52.1 Å². The standard InChI is InChI=1S/C27H28F4N6O2.C26H30FN7O2.C25H28FN7O2/c1-14-12-37-13-16(8-17(24(37)33-14)27(29,30)31)15-9-19(38)22(32-11-15)18-6-7-21(35-34-18)39-20-10-25(2,3)36-26(4,5)23(20)28;1-14-9-18(32-34-13-15(2)29-24(14)34)16-10-19(35)22(28-12-16)17-7-8-21(31-30-17)36-20-11-25(3,4)33-26(5,6)23(20)27;1-14-13-33-20(28-14)8-6-16(31-33)15-10-18(34)22(27-12-15)17-7-9-21(30-29-17)35-19-11-24(2,3)32-25(4,5)23(19)26/h6-9,11-13,20,23,36,38H,10H2,1-5H3;7-10,12-13,20,23,33,35H,11H2,1-6H3;6-10,12-13,19,23,32,34H,11H2,1-5H3/t2*20-,23-;19-,23-/m000/s1. The summed E-state index contributed by atoms with van der Waals surface area (Å²) >= 11 is 0. The SMILES string of the molecule is Cc1cn2cc(-c3cnc(-c4ccc(O[C@H]5CC(C)(C)NC(C)(C)[C@H]5F)nn4)c(O)c3)cc(C(F)(F)F)c2n1.Cc1cn2nc(-c3cnc(-c4ccc(O[C@H]5CC(C)(C)NC(C)(C)[C@H]5F)nn4)c(O)c3)cc(C)c2n1.Cc1cn2nc(-c3cnc(-c4ccc(O[C@H]5CC(C)(C)NC(C)(C)[C@H]5F)nn4)c(O)c3)ccc2n1. The van der Waals surface area contributed by atoms with Crippen molar-refractivity contribution in [3.8, 4) is 103 Å². The number of piperidine rings is 3. The third-order valence-electron chi connectivity index (χ3n) is 19.3. The molecular weight excluding hydrogens is 1430 g/mol. The highest BCUT2D eigenvalue weighted by molar-refractivity contribution is 5.74. The molecule has 15 heterocycles. The van der Waals surface area contributed by atoms with Crippen molar-refractivity contribution < 1.29 is 55.9 Å². The molecule has 12 aromatic heterocycles. The first-order valence-electron chi connectivity index (χ1n) is 35.7. The number of hydrogen-bond acceptors (Lipinski definition) is 23. The minimum atomic E-state index is -4.62. The monoisotopic (exact) mass is 1510 g/mol. The number of nitrogens with one attached hydrogen (secondary N) is 3. The lowest BCUT2D eigenvalue weighted by Crippen LogP contribution is -2.66. The van der Waals surface area contributed by atoms with Gasteiger partial charge < -0.3 is 49.9 Å². The van der Waals surface area contributed by atoms with Gasteiger partial charge >= 0.3 is 6.18 Å². The van der Waals surface area contributed by atoms with Gasteiger partial charge in [0, 0.05) is 124 Å². The molecule has 576 valence electrons. The number of ether oxygens (including phenoxy) is 3. The second kappa shape index (κ2) is 28.7. The van der Waals surface area contributed by atoms with Gasteiger partial charge in [0.25, 0.3) is 0 Å². The summed E-state index contributed by atoms with van der Waals surface area (Å²) < 4.78 is 109. The molecule has 6 atom stereocenters. The second-order valence-corrected chi connectivity index (χ2v) is 32.0. The zero-order valence-corrected chi connectivity index (χ0v) is 63.6. The van der Waals surface area contributed by atoms with E-state index in [1.807, 2.05) is 121 Å². The predicted molar refractivity (Wildman–Crippen MR) is 399 cm³/mol. The van der Waals surface area contributed by atoms with E-state index in [-0.39, 0.29) is 91.1 Å². The summed E-state index contributed by atoms with van der Waals surface area (Å²) in [5.74, 6) is 0.164. The number of aromatic hydroxyl groups is 3. The van der Waals surface area contributed by atoms with Crippen LogP contribution in [0.5, 0.6) is 34.9 Å². The highest BCUT2D eigenvalue weighted by Crippen LogP contribution is 2.41. The fraction of sp³-hybridized carbons (Fsp3) is 0.410. The zero-order chi connectivity index (χ0) is 79.1. The first kappa shape index (κ1) is 77.1. The van der Waals surface area contributed by atoms with Crippen molar-refractivity contribution in [1.29, 1.82) is 0 Å². The van der Waals surface area contributed by atoms with Crippen LogP contribution in [-0.4, -0.2) is 170 Å². The molecule has 32 heteroatoms. The van der Waals surface area contributed by atoms with Gasteiger partial charge in [0.15, 0.2) is 29.8 Å². The molecule has 3 saturated heterocycles. The van der Waals surface area contributed by atoms with Gasteiger partial charge in [-0.15, -0.1) is 30.6 Å². The van der Waals surface area contributed by atoms with Crippen LogP contribution in [0, 0.1) is 27.7 Å². The molecule has 3 fully saturated rings. The number of pyridine rings is 4. The normalized spacial score (nSPS) is 21.0. The van der Waals surface area contributed by atoms with Crippen LogP contribution in [0.2, 0.25) is 0 Å². The molecule has 0 aliphatic carbocycles. The Morgan fingerprint density at radius 1 is 0.418 bits per heavy atom. The van der Waals surface area contributed by atoms with Crippen LogP contribution in [0.4, 0.5) is 26.3 Å². The first-order valence-corrected chi connectivity index (χ1v) is 35.7. The van der Waals surface area contributed by atoms with E-state index in [1.165, 1.54) is 41.2 Å². The van der Waals surface area contributed by atoms with Crippen LogP contribution in [0.1, 0.15) is 131 Å². The highest BCUT2D eigenvalue weighted by Gasteiger charge is 2.50. The highest BCUT2D eigenvalue weighted by atomic mass is 19.4. The summed E-state index contributed by atoms with van der Waals surface area (Å²) in [4.78, 5) is 25.8. The third kappa shape index (κ3) is 16.6. The number of nitrogens with zero attached hydrogens (tertiary/aromatic N) is 17. The Morgan fingerprint density at radius 3 is 1.23 bits per heavy atom. The van der Waals surface area contributed by atoms with E-state index >= 15 is 13.2 Å². The van der Waals surface area contributed by atoms with Gasteiger partial charge in [0.1, 0.15) is 75.4 Å². The molecule has 0 bridgehead atoms. The number of aromatic nitrogens is 17. The zero-order valence-electron chi connectivity index (χ0n) is 63.6. The maximum absolute atomic E-state index is 15.1. The second-order valence-electron chi connectivity index (χ2n) is 32.0. The van der Waals surface area contributed by atoms with E-state index in [4.69, 9.17) is 14.2 Å². The van der Waals surface area contributed by atoms with Gasteiger partial charge in [-0.1, -0.05) is 0 Å². The molecule has 0 radical (unpaired) electrons. The van der Waals surface area contributed by atoms with Crippen LogP contribution in [0.15, 0.2) is 122 Å². The molecule has 0 saturated carbocycles. The number of imidazole rings is 3. The Hall–Kier alpha value is -11.1. The molecule has 12 aromatic rings. The average molecular weight is 1510 g/mol. The van der Waals surface area contributed by atoms with Crippen LogP contribution < -0.4 is 30.2 Å². The minimum absolute atomic E-state index is 0.0532. The largest absolute Gasteiger partial charge is 0.506 e. The number of halogens is 6. The number of alkyl halides is 6. The molecule has 26 nitrogen and oxygen atoms in total. The predicted octanol–water partition coefficient (Wildman–Crippen LogP) is 13.6. The number of hydrogen-bond donors (Lipinski definition) is 6. The quantitative estimate of drug-likeness (QED) is 0.0619. The van der Waals surface area contributed by atoms with Crippen molar-refractivity contribution in [3.05, 3.63) is 150 Å². The van der Waals surface area contributed by atoms with E-state index in [1.54, 1.807) is 78.6 Å². The number of aryl methyl sites for hydroxylation is 4. The van der Waals surface area contributed by atoms with E-state index in [0.717, 1.165) is 34.3 Å². The van der Waals surface area contributed by atoms with Gasteiger partial charge in [0.2, 0.25) is 17.6 Å². The Kier molecular flexibility index (Phi) is 20.1. The number of fused-ring (bicyclic) bond motifs is 3. The van der Waals surface area contributed by atoms with Crippen molar-refractivity contribution in [2.24, 2.45) is 0 Å². The van der Waals surface area contributed by atoms with Gasteiger partial charge in [0.05, 0.1) is 46.4 Å². The lowest BCUT2D eigenvalue weighted by molar-refractivity contribution is -0.136.